The van der Waals surface area contributed by atoms with E-state index in [0.717, 1.165) is 6.33 Å². The van der Waals surface area contributed by atoms with Crippen molar-refractivity contribution in [3.63, 3.8) is 0 Å². The molecule has 0 saturated heterocycles. The lowest BCUT2D eigenvalue weighted by molar-refractivity contribution is 0.449. The molecule has 1 heterocycles. The van der Waals surface area contributed by atoms with Crippen molar-refractivity contribution in [1.29, 1.82) is 0 Å². The molecule has 0 unspecified atom stereocenters. The summed E-state index contributed by atoms with van der Waals surface area (Å²) in [7, 11) is 0. The van der Waals surface area contributed by atoms with Gasteiger partial charge in [-0.05, 0) is 11.6 Å². The summed E-state index contributed by atoms with van der Waals surface area (Å²) in [5.74, 6) is -0.356. The molecule has 0 bridgehead atoms. The Balaban J connectivity index is 2.91. The van der Waals surface area contributed by atoms with Crippen molar-refractivity contribution in [2.45, 2.75) is 0 Å². The van der Waals surface area contributed by atoms with Gasteiger partial charge in [0.05, 0.1) is 6.33 Å². The Morgan fingerprint density at radius 3 is 3.21 bits per heavy atom. The summed E-state index contributed by atoms with van der Waals surface area (Å²) in [6.45, 7) is 0.115. The van der Waals surface area contributed by atoms with Crippen molar-refractivity contribution in [3.05, 3.63) is 38.8 Å². The number of nitrogens with zero attached hydrogens (tertiary/aromatic N) is 4. The highest BCUT2D eigenvalue weighted by Gasteiger charge is 2.01. The zero-order chi connectivity index (χ0) is 10.4. The van der Waals surface area contributed by atoms with Crippen molar-refractivity contribution in [1.82, 2.24) is 9.97 Å². The molecule has 0 aliphatic heterocycles. The molecular weight excluding hydrogens is 186 g/mol. The normalized spacial score (nSPS) is 10.0. The lowest BCUT2D eigenvalue weighted by atomic mass is 10.3. The Morgan fingerprint density at radius 2 is 2.57 bits per heavy atom. The van der Waals surface area contributed by atoms with Crippen LogP contribution in [0.1, 0.15) is 5.56 Å². The molecule has 0 aliphatic rings. The van der Waals surface area contributed by atoms with E-state index in [0.29, 0.717) is 0 Å². The van der Waals surface area contributed by atoms with Crippen LogP contribution in [0.25, 0.3) is 16.5 Å². The number of azide groups is 1. The summed E-state index contributed by atoms with van der Waals surface area (Å²) in [5, 5.41) is 12.4. The number of hydrogen-bond acceptors (Lipinski definition) is 4. The van der Waals surface area contributed by atoms with Crippen LogP contribution >= 0.6 is 0 Å². The van der Waals surface area contributed by atoms with Crippen LogP contribution < -0.4 is 5.56 Å². The van der Waals surface area contributed by atoms with E-state index in [4.69, 9.17) is 10.6 Å². The summed E-state index contributed by atoms with van der Waals surface area (Å²) in [5.41, 5.74) is 7.56. The highest BCUT2D eigenvalue weighted by Crippen LogP contribution is 2.07. The van der Waals surface area contributed by atoms with Gasteiger partial charge < -0.3 is 10.1 Å². The molecule has 0 saturated carbocycles. The Hall–Kier alpha value is -2.27. The molecule has 1 rings (SSSR count). The van der Waals surface area contributed by atoms with E-state index in [2.05, 4.69) is 20.0 Å². The molecule has 0 atom stereocenters. The first-order valence-electron chi connectivity index (χ1n) is 3.69. The van der Waals surface area contributed by atoms with Gasteiger partial charge in [-0.3, -0.25) is 4.79 Å². The Bertz CT molecular complexity index is 444. The minimum atomic E-state index is -0.449. The first-order valence-corrected chi connectivity index (χ1v) is 3.69. The van der Waals surface area contributed by atoms with Crippen LogP contribution in [0.3, 0.4) is 0 Å². The summed E-state index contributed by atoms with van der Waals surface area (Å²) in [6, 6.07) is 0. The predicted molar refractivity (Wildman–Crippen MR) is 49.6 cm³/mol. The fourth-order valence-electron chi connectivity index (χ4n) is 0.805. The Morgan fingerprint density at radius 1 is 1.79 bits per heavy atom. The Kier molecular flexibility index (Phi) is 3.28. The summed E-state index contributed by atoms with van der Waals surface area (Å²) in [6.07, 6.45) is 3.89. The lowest BCUT2D eigenvalue weighted by Gasteiger charge is -1.93. The summed E-state index contributed by atoms with van der Waals surface area (Å²) >= 11 is 0. The number of nitrogens with one attached hydrogen (secondary N) is 1. The molecule has 1 aromatic rings. The predicted octanol–water partition coefficient (Wildman–Crippen LogP) is 0.799. The monoisotopic (exact) mass is 193 g/mol. The van der Waals surface area contributed by atoms with Crippen molar-refractivity contribution >= 4 is 6.08 Å². The van der Waals surface area contributed by atoms with E-state index >= 15 is 0 Å². The molecule has 14 heavy (non-hydrogen) atoms. The number of H-pyrrole nitrogens is 1. The van der Waals surface area contributed by atoms with Crippen molar-refractivity contribution in [2.75, 3.05) is 6.54 Å². The van der Waals surface area contributed by atoms with E-state index in [9.17, 15) is 4.79 Å². The summed E-state index contributed by atoms with van der Waals surface area (Å²) in [4.78, 5) is 19.4. The van der Waals surface area contributed by atoms with Crippen molar-refractivity contribution < 1.29 is 5.11 Å². The van der Waals surface area contributed by atoms with Gasteiger partial charge in [-0.15, -0.1) is 0 Å². The molecule has 0 spiro atoms. The van der Waals surface area contributed by atoms with Gasteiger partial charge in [-0.25, -0.2) is 4.98 Å². The number of rotatable bonds is 3. The average Bonchev–Trinajstić information content (AvgIpc) is 2.16. The third-order valence-corrected chi connectivity index (χ3v) is 1.40. The van der Waals surface area contributed by atoms with Crippen LogP contribution in [0.2, 0.25) is 0 Å². The van der Waals surface area contributed by atoms with Gasteiger partial charge in [0.25, 0.3) is 5.56 Å². The first-order chi connectivity index (χ1) is 6.75. The van der Waals surface area contributed by atoms with Gasteiger partial charge >= 0.3 is 0 Å². The maximum Gasteiger partial charge on any atom is 0.261 e. The number of hydrogen-bond donors (Lipinski definition) is 2. The molecule has 0 aromatic carbocycles. The third kappa shape index (κ3) is 2.36. The van der Waals surface area contributed by atoms with E-state index in [1.807, 2.05) is 0 Å². The number of aromatic nitrogens is 2. The standard InChI is InChI=1S/C7H7N5O2/c8-12-11-3-1-2-5-6(13)9-4-10-7(5)14/h1-2,4H,3H2,(H2,9,10,13,14). The molecule has 72 valence electrons. The lowest BCUT2D eigenvalue weighted by Crippen LogP contribution is -2.09. The minimum absolute atomic E-state index is 0.0423. The smallest absolute Gasteiger partial charge is 0.261 e. The van der Waals surface area contributed by atoms with Crippen LogP contribution in [-0.2, 0) is 0 Å². The largest absolute Gasteiger partial charge is 0.493 e. The van der Waals surface area contributed by atoms with Crippen molar-refractivity contribution in [3.8, 4) is 5.88 Å². The second-order valence-corrected chi connectivity index (χ2v) is 2.28. The highest BCUT2D eigenvalue weighted by atomic mass is 16.3. The van der Waals surface area contributed by atoms with Gasteiger partial charge in [0, 0.05) is 11.5 Å². The fraction of sp³-hybridized carbons (Fsp3) is 0.143. The maximum absolute atomic E-state index is 11.1. The highest BCUT2D eigenvalue weighted by molar-refractivity contribution is 5.52. The van der Waals surface area contributed by atoms with Gasteiger partial charge in [-0.1, -0.05) is 11.2 Å². The zero-order valence-electron chi connectivity index (χ0n) is 7.08. The third-order valence-electron chi connectivity index (χ3n) is 1.40. The van der Waals surface area contributed by atoms with Crippen LogP contribution in [0.5, 0.6) is 5.88 Å². The molecule has 0 aliphatic carbocycles. The van der Waals surface area contributed by atoms with Gasteiger partial charge in [0.2, 0.25) is 5.88 Å². The molecular formula is C7H7N5O2. The molecule has 7 nitrogen and oxygen atoms in total. The fourth-order valence-corrected chi connectivity index (χ4v) is 0.805. The van der Waals surface area contributed by atoms with Crippen LogP contribution in [0.4, 0.5) is 0 Å². The quantitative estimate of drug-likeness (QED) is 0.420. The van der Waals surface area contributed by atoms with Crippen LogP contribution in [0.15, 0.2) is 22.3 Å². The summed E-state index contributed by atoms with van der Waals surface area (Å²) < 4.78 is 0. The first kappa shape index (κ1) is 9.82. The average molecular weight is 193 g/mol. The van der Waals surface area contributed by atoms with Crippen molar-refractivity contribution in [2.24, 2.45) is 5.11 Å². The van der Waals surface area contributed by atoms with Gasteiger partial charge in [0.15, 0.2) is 0 Å². The van der Waals surface area contributed by atoms with Crippen LogP contribution in [0, 0.1) is 0 Å². The topological polar surface area (TPSA) is 115 Å². The molecule has 0 amide bonds. The van der Waals surface area contributed by atoms with Crippen LogP contribution in [-0.4, -0.2) is 21.6 Å². The molecule has 0 radical (unpaired) electrons. The zero-order valence-corrected chi connectivity index (χ0v) is 7.08. The van der Waals surface area contributed by atoms with Gasteiger partial charge in [0.1, 0.15) is 5.56 Å². The van der Waals surface area contributed by atoms with E-state index in [1.165, 1.54) is 12.2 Å². The van der Waals surface area contributed by atoms with E-state index in [1.54, 1.807) is 0 Å². The number of aromatic hydroxyl groups is 1. The Labute approximate surface area is 78.4 Å². The maximum atomic E-state index is 11.1. The molecule has 0 fully saturated rings. The second kappa shape index (κ2) is 4.68. The minimum Gasteiger partial charge on any atom is -0.493 e. The van der Waals surface area contributed by atoms with Gasteiger partial charge in [-0.2, -0.15) is 0 Å². The van der Waals surface area contributed by atoms with E-state index < -0.39 is 5.56 Å². The SMILES string of the molecule is [N-]=[N+]=NCC=Cc1c(O)nc[nH]c1=O. The molecule has 7 heteroatoms. The second-order valence-electron chi connectivity index (χ2n) is 2.28. The molecule has 2 N–H and O–H groups in total. The molecule has 1 aromatic heterocycles. The number of aromatic amines is 1. The van der Waals surface area contributed by atoms with E-state index in [-0.39, 0.29) is 18.0 Å².